The van der Waals surface area contributed by atoms with Gasteiger partial charge in [0.05, 0.1) is 20.8 Å². The normalized spacial score (nSPS) is 27.9. The minimum atomic E-state index is -0.352. The van der Waals surface area contributed by atoms with Crippen LogP contribution >= 0.6 is 0 Å². The van der Waals surface area contributed by atoms with E-state index in [0.717, 1.165) is 56.8 Å². The molecule has 4 rings (SSSR count). The molecule has 0 bridgehead atoms. The van der Waals surface area contributed by atoms with E-state index in [4.69, 9.17) is 14.2 Å². The first kappa shape index (κ1) is 17.5. The number of piperidine rings is 1. The van der Waals surface area contributed by atoms with Gasteiger partial charge in [-0.05, 0) is 36.1 Å². The van der Waals surface area contributed by atoms with Gasteiger partial charge in [0.25, 0.3) is 0 Å². The lowest BCUT2D eigenvalue weighted by molar-refractivity contribution is -0.0300. The molecule has 0 N–H and O–H groups in total. The SMILES string of the molecule is CCCN1C[C@]2(CCN3CCc4cc(OC)c(OC)cc4[C@@H]3C2)OC1=O. The summed E-state index contributed by atoms with van der Waals surface area (Å²) in [5.74, 6) is 1.55. The van der Waals surface area contributed by atoms with Gasteiger partial charge >= 0.3 is 6.09 Å². The van der Waals surface area contributed by atoms with E-state index in [2.05, 4.69) is 24.0 Å². The number of carbonyl (C=O) groups excluding carboxylic acids is 1. The van der Waals surface area contributed by atoms with Crippen molar-refractivity contribution in [1.82, 2.24) is 9.80 Å². The number of rotatable bonds is 4. The third-order valence-corrected chi connectivity index (χ3v) is 6.07. The van der Waals surface area contributed by atoms with Crippen molar-refractivity contribution < 1.29 is 19.0 Å². The summed E-state index contributed by atoms with van der Waals surface area (Å²) in [5.41, 5.74) is 2.25. The standard InChI is InChI=1S/C20H28N2O4/c1-4-7-22-13-20(26-19(22)23)6-9-21-8-5-14-10-17(24-2)18(25-3)11-15(14)16(21)12-20/h10-11,16H,4-9,12-13H2,1-3H3/t16-,20+/m0/s1. The Morgan fingerprint density at radius 3 is 2.73 bits per heavy atom. The molecular formula is C20H28N2O4. The van der Waals surface area contributed by atoms with E-state index >= 15 is 0 Å². The van der Waals surface area contributed by atoms with Crippen molar-refractivity contribution in [1.29, 1.82) is 0 Å². The average molecular weight is 360 g/mol. The summed E-state index contributed by atoms with van der Waals surface area (Å²) < 4.78 is 16.9. The second-order valence-electron chi connectivity index (χ2n) is 7.63. The molecule has 2 saturated heterocycles. The Morgan fingerprint density at radius 1 is 1.23 bits per heavy atom. The molecule has 6 nitrogen and oxygen atoms in total. The quantitative estimate of drug-likeness (QED) is 0.826. The van der Waals surface area contributed by atoms with Crippen molar-refractivity contribution in [3.8, 4) is 11.5 Å². The van der Waals surface area contributed by atoms with Crippen LogP contribution < -0.4 is 9.47 Å². The van der Waals surface area contributed by atoms with Crippen LogP contribution in [0.4, 0.5) is 4.79 Å². The Bertz CT molecular complexity index is 707. The molecule has 0 radical (unpaired) electrons. The van der Waals surface area contributed by atoms with E-state index in [9.17, 15) is 4.79 Å². The van der Waals surface area contributed by atoms with E-state index in [1.807, 2.05) is 4.90 Å². The van der Waals surface area contributed by atoms with Crippen molar-refractivity contribution in [3.05, 3.63) is 23.3 Å². The highest BCUT2D eigenvalue weighted by Crippen LogP contribution is 2.46. The first-order chi connectivity index (χ1) is 12.6. The summed E-state index contributed by atoms with van der Waals surface area (Å²) in [6, 6.07) is 4.49. The second kappa shape index (κ2) is 6.65. The van der Waals surface area contributed by atoms with Gasteiger partial charge in [-0.3, -0.25) is 4.90 Å². The zero-order chi connectivity index (χ0) is 18.3. The van der Waals surface area contributed by atoms with Gasteiger partial charge < -0.3 is 19.1 Å². The Hall–Kier alpha value is -1.95. The van der Waals surface area contributed by atoms with Crippen molar-refractivity contribution in [2.45, 2.75) is 44.2 Å². The van der Waals surface area contributed by atoms with Crippen LogP contribution in [0.3, 0.4) is 0 Å². The van der Waals surface area contributed by atoms with Crippen molar-refractivity contribution in [2.75, 3.05) is 40.4 Å². The highest BCUT2D eigenvalue weighted by atomic mass is 16.6. The van der Waals surface area contributed by atoms with Crippen LogP contribution in [-0.2, 0) is 11.2 Å². The molecule has 1 amide bonds. The molecule has 3 heterocycles. The Morgan fingerprint density at radius 2 is 2.00 bits per heavy atom. The topological polar surface area (TPSA) is 51.2 Å². The lowest BCUT2D eigenvalue weighted by Gasteiger charge is -2.46. The van der Waals surface area contributed by atoms with Crippen LogP contribution in [0.5, 0.6) is 11.5 Å². The maximum Gasteiger partial charge on any atom is 0.410 e. The first-order valence-corrected chi connectivity index (χ1v) is 9.56. The number of amides is 1. The second-order valence-corrected chi connectivity index (χ2v) is 7.63. The monoisotopic (exact) mass is 360 g/mol. The molecule has 1 aromatic carbocycles. The van der Waals surface area contributed by atoms with Crippen molar-refractivity contribution in [2.24, 2.45) is 0 Å². The molecule has 26 heavy (non-hydrogen) atoms. The number of methoxy groups -OCH3 is 2. The third kappa shape index (κ3) is 2.80. The molecule has 2 fully saturated rings. The first-order valence-electron chi connectivity index (χ1n) is 9.56. The van der Waals surface area contributed by atoms with E-state index in [1.54, 1.807) is 14.2 Å². The predicted octanol–water partition coefficient (Wildman–Crippen LogP) is 3.00. The van der Waals surface area contributed by atoms with Gasteiger partial charge in [-0.15, -0.1) is 0 Å². The third-order valence-electron chi connectivity index (χ3n) is 6.07. The van der Waals surface area contributed by atoms with Crippen LogP contribution in [0.1, 0.15) is 43.4 Å². The lowest BCUT2D eigenvalue weighted by atomic mass is 9.79. The van der Waals surface area contributed by atoms with Crippen molar-refractivity contribution in [3.63, 3.8) is 0 Å². The van der Waals surface area contributed by atoms with Crippen LogP contribution in [0.2, 0.25) is 0 Å². The Kier molecular flexibility index (Phi) is 4.47. The maximum atomic E-state index is 12.3. The molecule has 0 aliphatic carbocycles. The summed E-state index contributed by atoms with van der Waals surface area (Å²) in [4.78, 5) is 16.7. The zero-order valence-corrected chi connectivity index (χ0v) is 15.9. The van der Waals surface area contributed by atoms with Gasteiger partial charge in [0, 0.05) is 38.5 Å². The predicted molar refractivity (Wildman–Crippen MR) is 97.9 cm³/mol. The largest absolute Gasteiger partial charge is 0.493 e. The Balaban J connectivity index is 1.64. The minimum Gasteiger partial charge on any atom is -0.493 e. The summed E-state index contributed by atoms with van der Waals surface area (Å²) in [5, 5.41) is 0. The van der Waals surface area contributed by atoms with Crippen LogP contribution in [0, 0.1) is 0 Å². The van der Waals surface area contributed by atoms with Gasteiger partial charge in [0.2, 0.25) is 0 Å². The molecule has 3 aliphatic heterocycles. The number of fused-ring (bicyclic) bond motifs is 3. The fourth-order valence-electron chi connectivity index (χ4n) is 4.76. The van der Waals surface area contributed by atoms with Gasteiger partial charge in [-0.25, -0.2) is 4.79 Å². The number of nitrogens with zero attached hydrogens (tertiary/aromatic N) is 2. The smallest absolute Gasteiger partial charge is 0.410 e. The van der Waals surface area contributed by atoms with Gasteiger partial charge in [0.15, 0.2) is 11.5 Å². The fraction of sp³-hybridized carbons (Fsp3) is 0.650. The van der Waals surface area contributed by atoms with Crippen LogP contribution in [0.25, 0.3) is 0 Å². The molecule has 1 spiro atoms. The van der Waals surface area contributed by atoms with E-state index in [1.165, 1.54) is 11.1 Å². The number of benzene rings is 1. The highest BCUT2D eigenvalue weighted by molar-refractivity contribution is 5.70. The fourth-order valence-corrected chi connectivity index (χ4v) is 4.76. The summed E-state index contributed by atoms with van der Waals surface area (Å²) in [6.07, 6.45) is 3.59. The lowest BCUT2D eigenvalue weighted by Crippen LogP contribution is -2.50. The molecule has 2 atom stereocenters. The number of hydrogen-bond donors (Lipinski definition) is 0. The Labute approximate surface area is 155 Å². The molecule has 3 aliphatic rings. The van der Waals surface area contributed by atoms with Gasteiger partial charge in [-0.1, -0.05) is 6.92 Å². The number of ether oxygens (including phenoxy) is 3. The molecule has 1 aromatic rings. The molecule has 142 valence electrons. The average Bonchev–Trinajstić information content (AvgIpc) is 2.95. The minimum absolute atomic E-state index is 0.149. The van der Waals surface area contributed by atoms with Crippen LogP contribution in [-0.4, -0.2) is 61.9 Å². The maximum absolute atomic E-state index is 12.3. The molecular weight excluding hydrogens is 332 g/mol. The molecule has 0 unspecified atom stereocenters. The van der Waals surface area contributed by atoms with Gasteiger partial charge in [-0.2, -0.15) is 0 Å². The number of carbonyl (C=O) groups is 1. The highest BCUT2D eigenvalue weighted by Gasteiger charge is 2.50. The summed E-state index contributed by atoms with van der Waals surface area (Å²) >= 11 is 0. The summed E-state index contributed by atoms with van der Waals surface area (Å²) in [7, 11) is 3.35. The summed E-state index contributed by atoms with van der Waals surface area (Å²) in [6.45, 7) is 5.59. The molecule has 0 saturated carbocycles. The zero-order valence-electron chi connectivity index (χ0n) is 15.9. The van der Waals surface area contributed by atoms with Crippen molar-refractivity contribution >= 4 is 6.09 Å². The van der Waals surface area contributed by atoms with Crippen LogP contribution in [0.15, 0.2) is 12.1 Å². The van der Waals surface area contributed by atoms with E-state index in [0.29, 0.717) is 6.54 Å². The molecule has 0 aromatic heterocycles. The van der Waals surface area contributed by atoms with E-state index in [-0.39, 0.29) is 17.7 Å². The van der Waals surface area contributed by atoms with Gasteiger partial charge in [0.1, 0.15) is 5.60 Å². The number of hydrogen-bond acceptors (Lipinski definition) is 5. The molecule has 6 heteroatoms. The van der Waals surface area contributed by atoms with E-state index < -0.39 is 0 Å².